The maximum atomic E-state index is 14.1. The van der Waals surface area contributed by atoms with E-state index >= 15 is 0 Å². The number of aromatic nitrogens is 2. The van der Waals surface area contributed by atoms with E-state index in [-0.39, 0.29) is 18.4 Å². The first kappa shape index (κ1) is 20.8. The van der Waals surface area contributed by atoms with Gasteiger partial charge in [-0.3, -0.25) is 19.5 Å². The highest BCUT2D eigenvalue weighted by Gasteiger charge is 2.55. The molecule has 1 spiro atoms. The summed E-state index contributed by atoms with van der Waals surface area (Å²) in [5.74, 6) is -0.245. The molecule has 0 bridgehead atoms. The van der Waals surface area contributed by atoms with Crippen LogP contribution in [0.3, 0.4) is 0 Å². The van der Waals surface area contributed by atoms with Crippen LogP contribution in [0.25, 0.3) is 0 Å². The van der Waals surface area contributed by atoms with Crippen molar-refractivity contribution in [2.75, 3.05) is 18.2 Å². The number of pyridine rings is 2. The Morgan fingerprint density at radius 3 is 2.70 bits per heavy atom. The van der Waals surface area contributed by atoms with E-state index in [0.717, 1.165) is 23.5 Å². The maximum absolute atomic E-state index is 14.1. The van der Waals surface area contributed by atoms with Gasteiger partial charge >= 0.3 is 0 Å². The summed E-state index contributed by atoms with van der Waals surface area (Å²) in [6, 6.07) is 4.19. The van der Waals surface area contributed by atoms with Crippen molar-refractivity contribution in [2.45, 2.75) is 50.9 Å². The number of fused-ring (bicyclic) bond motifs is 3. The van der Waals surface area contributed by atoms with Gasteiger partial charge < -0.3 is 4.74 Å². The van der Waals surface area contributed by atoms with Crippen molar-refractivity contribution in [1.82, 2.24) is 9.97 Å². The lowest BCUT2D eigenvalue weighted by molar-refractivity contribution is -0.124. The number of ether oxygens (including phenoxy) is 1. The van der Waals surface area contributed by atoms with Crippen LogP contribution < -0.4 is 4.90 Å². The standard InChI is InChI=1S/C22H26FN3O3Si/c1-14(27)16-7-15-9-22(10-19(15)24-11-16)18-8-17(23)12-25-20(18)26(21(22)28)13-29-5-6-30(2,3)4/h7-8,11-12H,5-6,9-10,13H2,1-4H3/t22-/m0/s1. The zero-order chi connectivity index (χ0) is 21.7. The van der Waals surface area contributed by atoms with E-state index in [4.69, 9.17) is 4.74 Å². The summed E-state index contributed by atoms with van der Waals surface area (Å²) in [5.41, 5.74) is 1.76. The molecule has 2 aromatic heterocycles. The van der Waals surface area contributed by atoms with Crippen molar-refractivity contribution in [3.05, 3.63) is 52.7 Å². The first-order valence-electron chi connectivity index (χ1n) is 10.2. The minimum absolute atomic E-state index is 0.0745. The van der Waals surface area contributed by atoms with Gasteiger partial charge in [-0.05, 0) is 37.1 Å². The average molecular weight is 428 g/mol. The van der Waals surface area contributed by atoms with Crippen molar-refractivity contribution in [3.8, 4) is 0 Å². The van der Waals surface area contributed by atoms with Crippen LogP contribution in [0.2, 0.25) is 25.7 Å². The largest absolute Gasteiger partial charge is 0.361 e. The van der Waals surface area contributed by atoms with Crippen molar-refractivity contribution in [3.63, 3.8) is 0 Å². The number of ketones is 1. The molecule has 1 amide bonds. The second kappa shape index (κ2) is 7.35. The van der Waals surface area contributed by atoms with Crippen LogP contribution in [0.5, 0.6) is 0 Å². The third kappa shape index (κ3) is 3.58. The fourth-order valence-electron chi connectivity index (χ4n) is 4.18. The molecule has 3 heterocycles. The van der Waals surface area contributed by atoms with Crippen LogP contribution in [0.1, 0.15) is 34.1 Å². The number of nitrogens with zero attached hydrogens (tertiary/aromatic N) is 3. The number of anilines is 1. The lowest BCUT2D eigenvalue weighted by Crippen LogP contribution is -2.42. The molecule has 6 nitrogen and oxygen atoms in total. The average Bonchev–Trinajstić information content (AvgIpc) is 3.15. The number of halogens is 1. The van der Waals surface area contributed by atoms with Crippen molar-refractivity contribution in [1.29, 1.82) is 0 Å². The molecular formula is C22H26FN3O3Si. The Morgan fingerprint density at radius 1 is 1.23 bits per heavy atom. The monoisotopic (exact) mass is 427 g/mol. The number of rotatable bonds is 6. The van der Waals surface area contributed by atoms with E-state index in [1.54, 1.807) is 12.3 Å². The van der Waals surface area contributed by atoms with E-state index in [9.17, 15) is 14.0 Å². The van der Waals surface area contributed by atoms with Gasteiger partial charge in [-0.1, -0.05) is 19.6 Å². The molecule has 2 aromatic rings. The molecule has 1 aliphatic carbocycles. The van der Waals surface area contributed by atoms with E-state index < -0.39 is 19.3 Å². The van der Waals surface area contributed by atoms with E-state index in [1.807, 2.05) is 0 Å². The zero-order valence-corrected chi connectivity index (χ0v) is 18.8. The minimum atomic E-state index is -1.25. The van der Waals surface area contributed by atoms with Gasteiger partial charge in [-0.15, -0.1) is 0 Å². The van der Waals surface area contributed by atoms with Crippen molar-refractivity contribution < 1.29 is 18.7 Å². The van der Waals surface area contributed by atoms with Crippen LogP contribution in [-0.2, 0) is 27.8 Å². The van der Waals surface area contributed by atoms with Gasteiger partial charge in [0.15, 0.2) is 5.78 Å². The second-order valence-electron chi connectivity index (χ2n) is 9.43. The first-order chi connectivity index (χ1) is 14.1. The number of hydrogen-bond donors (Lipinski definition) is 0. The molecule has 0 aromatic carbocycles. The highest BCUT2D eigenvalue weighted by atomic mass is 28.3. The topological polar surface area (TPSA) is 72.4 Å². The second-order valence-corrected chi connectivity index (χ2v) is 15.0. The summed E-state index contributed by atoms with van der Waals surface area (Å²) < 4.78 is 19.9. The Kier molecular flexibility index (Phi) is 5.10. The smallest absolute Gasteiger partial charge is 0.241 e. The summed E-state index contributed by atoms with van der Waals surface area (Å²) in [6.07, 6.45) is 3.41. The lowest BCUT2D eigenvalue weighted by Gasteiger charge is -2.23. The Bertz CT molecular complexity index is 1040. The molecule has 1 aliphatic heterocycles. The van der Waals surface area contributed by atoms with Crippen LogP contribution in [0.4, 0.5) is 10.2 Å². The van der Waals surface area contributed by atoms with Gasteiger partial charge in [0, 0.05) is 44.1 Å². The third-order valence-corrected chi connectivity index (χ3v) is 7.61. The summed E-state index contributed by atoms with van der Waals surface area (Å²) in [4.78, 5) is 35.5. The van der Waals surface area contributed by atoms with Crippen LogP contribution in [-0.4, -0.2) is 43.1 Å². The number of hydrogen-bond acceptors (Lipinski definition) is 5. The summed E-state index contributed by atoms with van der Waals surface area (Å²) in [6.45, 7) is 8.97. The summed E-state index contributed by atoms with van der Waals surface area (Å²) in [7, 11) is -1.25. The van der Waals surface area contributed by atoms with Crippen LogP contribution >= 0.6 is 0 Å². The maximum Gasteiger partial charge on any atom is 0.241 e. The summed E-state index contributed by atoms with van der Waals surface area (Å²) in [5, 5.41) is 0. The van der Waals surface area contributed by atoms with E-state index in [2.05, 4.69) is 29.6 Å². The van der Waals surface area contributed by atoms with Crippen molar-refractivity contribution >= 4 is 25.6 Å². The molecule has 158 valence electrons. The van der Waals surface area contributed by atoms with Crippen molar-refractivity contribution in [2.24, 2.45) is 0 Å². The zero-order valence-electron chi connectivity index (χ0n) is 17.8. The number of amides is 1. The molecule has 1 atom stereocenters. The predicted octanol–water partition coefficient (Wildman–Crippen LogP) is 3.51. The molecule has 0 radical (unpaired) electrons. The molecule has 0 saturated carbocycles. The van der Waals surface area contributed by atoms with E-state index in [0.29, 0.717) is 36.4 Å². The van der Waals surface area contributed by atoms with Crippen LogP contribution in [0, 0.1) is 5.82 Å². The van der Waals surface area contributed by atoms with E-state index in [1.165, 1.54) is 17.9 Å². The Morgan fingerprint density at radius 2 is 2.00 bits per heavy atom. The van der Waals surface area contributed by atoms with Gasteiger partial charge in [-0.2, -0.15) is 0 Å². The van der Waals surface area contributed by atoms with Gasteiger partial charge in [0.25, 0.3) is 0 Å². The molecule has 8 heteroatoms. The van der Waals surface area contributed by atoms with Gasteiger partial charge in [0.1, 0.15) is 18.4 Å². The van der Waals surface area contributed by atoms with Gasteiger partial charge in [-0.25, -0.2) is 9.37 Å². The molecule has 4 rings (SSSR count). The number of carbonyl (C=O) groups excluding carboxylic acids is 2. The fourth-order valence-corrected chi connectivity index (χ4v) is 4.94. The van der Waals surface area contributed by atoms with Crippen LogP contribution in [0.15, 0.2) is 24.5 Å². The molecule has 30 heavy (non-hydrogen) atoms. The fraction of sp³-hybridized carbons (Fsp3) is 0.455. The molecule has 0 saturated heterocycles. The molecule has 0 unspecified atom stereocenters. The molecule has 0 fully saturated rings. The molecule has 0 N–H and O–H groups in total. The van der Waals surface area contributed by atoms with Gasteiger partial charge in [0.05, 0.1) is 11.6 Å². The number of carbonyl (C=O) groups is 2. The summed E-state index contributed by atoms with van der Waals surface area (Å²) >= 11 is 0. The minimum Gasteiger partial charge on any atom is -0.361 e. The van der Waals surface area contributed by atoms with Gasteiger partial charge in [0.2, 0.25) is 5.91 Å². The lowest BCUT2D eigenvalue weighted by atomic mass is 9.79. The highest BCUT2D eigenvalue weighted by Crippen LogP contribution is 2.48. The quantitative estimate of drug-likeness (QED) is 0.401. The third-order valence-electron chi connectivity index (χ3n) is 5.90. The Balaban J connectivity index is 1.64. The molecular weight excluding hydrogens is 401 g/mol. The highest BCUT2D eigenvalue weighted by molar-refractivity contribution is 6.76. The SMILES string of the molecule is CC(=O)c1cnc2c(c1)C[C@@]1(C2)C(=O)N(COCC[Si](C)(C)C)c2ncc(F)cc21. The normalized spacial score (nSPS) is 20.0. The number of Topliss-reactive ketones (excluding diaryl/α,β-unsaturated/α-hetero) is 1. The first-order valence-corrected chi connectivity index (χ1v) is 13.9. The Hall–Kier alpha value is -2.45. The predicted molar refractivity (Wildman–Crippen MR) is 114 cm³/mol. The molecule has 2 aliphatic rings. The Labute approximate surface area is 176 Å².